The summed E-state index contributed by atoms with van der Waals surface area (Å²) in [6.45, 7) is 7.68. The lowest BCUT2D eigenvalue weighted by atomic mass is 10.00. The van der Waals surface area contributed by atoms with Gasteiger partial charge in [0.15, 0.2) is 0 Å². The number of hydrogen-bond acceptors (Lipinski definition) is 4. The van der Waals surface area contributed by atoms with E-state index in [1.54, 1.807) is 12.1 Å². The highest BCUT2D eigenvalue weighted by atomic mass is 16.5. The molecule has 1 aromatic carbocycles. The molecule has 6 nitrogen and oxygen atoms in total. The van der Waals surface area contributed by atoms with Crippen molar-refractivity contribution in [1.29, 1.82) is 0 Å². The van der Waals surface area contributed by atoms with Crippen molar-refractivity contribution < 1.29 is 9.53 Å². The highest BCUT2D eigenvalue weighted by Crippen LogP contribution is 2.24. The van der Waals surface area contributed by atoms with Gasteiger partial charge in [-0.2, -0.15) is 0 Å². The molecule has 2 aliphatic rings. The molecule has 144 valence electrons. The number of morpholine rings is 1. The van der Waals surface area contributed by atoms with Crippen LogP contribution in [-0.4, -0.2) is 65.1 Å². The monoisotopic (exact) mass is 369 g/mol. The number of amides is 1. The first-order valence-corrected chi connectivity index (χ1v) is 9.82. The zero-order valence-electron chi connectivity index (χ0n) is 16.0. The van der Waals surface area contributed by atoms with Crippen molar-refractivity contribution in [3.05, 3.63) is 46.2 Å². The number of rotatable bonds is 2. The lowest BCUT2D eigenvalue weighted by Gasteiger charge is -2.43. The number of nitrogens with zero attached hydrogens (tertiary/aromatic N) is 2. The van der Waals surface area contributed by atoms with Gasteiger partial charge in [-0.1, -0.05) is 12.1 Å². The van der Waals surface area contributed by atoms with E-state index >= 15 is 0 Å². The van der Waals surface area contributed by atoms with Crippen molar-refractivity contribution in [2.45, 2.75) is 44.9 Å². The lowest BCUT2D eigenvalue weighted by Crippen LogP contribution is -2.53. The maximum atomic E-state index is 13.1. The van der Waals surface area contributed by atoms with E-state index in [1.807, 2.05) is 17.0 Å². The smallest absolute Gasteiger partial charge is 0.255 e. The molecule has 1 N–H and O–H groups in total. The van der Waals surface area contributed by atoms with Gasteiger partial charge in [0, 0.05) is 38.3 Å². The number of ether oxygens (including phenoxy) is 1. The minimum absolute atomic E-state index is 0.00427. The first kappa shape index (κ1) is 18.2. The van der Waals surface area contributed by atoms with Gasteiger partial charge in [0.2, 0.25) is 5.56 Å². The number of nitrogens with one attached hydrogen (secondary N) is 1. The predicted molar refractivity (Wildman–Crippen MR) is 105 cm³/mol. The van der Waals surface area contributed by atoms with Gasteiger partial charge in [-0.05, 0) is 44.2 Å². The summed E-state index contributed by atoms with van der Waals surface area (Å²) in [4.78, 5) is 32.1. The number of benzene rings is 1. The molecule has 0 radical (unpaired) electrons. The van der Waals surface area contributed by atoms with Crippen molar-refractivity contribution in [2.24, 2.45) is 0 Å². The quantitative estimate of drug-likeness (QED) is 0.882. The molecule has 4 rings (SSSR count). The van der Waals surface area contributed by atoms with Crippen LogP contribution in [0, 0.1) is 0 Å². The zero-order valence-corrected chi connectivity index (χ0v) is 16.0. The summed E-state index contributed by atoms with van der Waals surface area (Å²) in [7, 11) is 0. The molecule has 2 saturated heterocycles. The maximum Gasteiger partial charge on any atom is 0.255 e. The summed E-state index contributed by atoms with van der Waals surface area (Å²) in [5, 5.41) is 0.881. The number of carbonyl (C=O) groups is 1. The van der Waals surface area contributed by atoms with Gasteiger partial charge in [-0.3, -0.25) is 14.5 Å². The second-order valence-electron chi connectivity index (χ2n) is 7.83. The standard InChI is InChI=1S/C21H27N3O3/c1-14-12-24(13-15(2)27-14)17-8-10-23(11-9-17)21(26)18-5-3-4-16-6-7-19(25)22-20(16)18/h3-7,14-15,17H,8-13H2,1-2H3,(H,22,25)/t14-,15+. The first-order valence-electron chi connectivity index (χ1n) is 9.82. The van der Waals surface area contributed by atoms with Gasteiger partial charge in [0.1, 0.15) is 0 Å². The van der Waals surface area contributed by atoms with Gasteiger partial charge in [-0.15, -0.1) is 0 Å². The van der Waals surface area contributed by atoms with Crippen molar-refractivity contribution in [2.75, 3.05) is 26.2 Å². The molecule has 0 unspecified atom stereocenters. The van der Waals surface area contributed by atoms with Gasteiger partial charge >= 0.3 is 0 Å². The van der Waals surface area contributed by atoms with Crippen molar-refractivity contribution in [3.8, 4) is 0 Å². The number of aromatic amines is 1. The Kier molecular flexibility index (Phi) is 5.02. The summed E-state index contributed by atoms with van der Waals surface area (Å²) in [5.41, 5.74) is 1.03. The van der Waals surface area contributed by atoms with E-state index in [4.69, 9.17) is 4.74 Å². The number of likely N-dealkylation sites (tertiary alicyclic amines) is 1. The van der Waals surface area contributed by atoms with Crippen molar-refractivity contribution >= 4 is 16.8 Å². The van der Waals surface area contributed by atoms with Crippen LogP contribution in [-0.2, 0) is 4.74 Å². The number of H-pyrrole nitrogens is 1. The Morgan fingerprint density at radius 2 is 1.78 bits per heavy atom. The molecule has 2 aromatic rings. The van der Waals surface area contributed by atoms with Crippen LogP contribution in [0.3, 0.4) is 0 Å². The molecular formula is C21H27N3O3. The number of para-hydroxylation sites is 1. The topological polar surface area (TPSA) is 65.6 Å². The van der Waals surface area contributed by atoms with Crippen LogP contribution in [0.1, 0.15) is 37.0 Å². The van der Waals surface area contributed by atoms with Crippen LogP contribution in [0.2, 0.25) is 0 Å². The van der Waals surface area contributed by atoms with Crippen LogP contribution < -0.4 is 5.56 Å². The number of piperidine rings is 1. The number of hydrogen-bond donors (Lipinski definition) is 1. The summed E-state index contributed by atoms with van der Waals surface area (Å²) in [6.07, 6.45) is 2.49. The molecule has 27 heavy (non-hydrogen) atoms. The molecule has 3 heterocycles. The minimum atomic E-state index is -0.183. The Labute approximate surface area is 159 Å². The third-order valence-corrected chi connectivity index (χ3v) is 5.71. The third-order valence-electron chi connectivity index (χ3n) is 5.71. The maximum absolute atomic E-state index is 13.1. The summed E-state index contributed by atoms with van der Waals surface area (Å²) < 4.78 is 5.84. The second kappa shape index (κ2) is 7.44. The molecule has 1 aromatic heterocycles. The fourth-order valence-corrected chi connectivity index (χ4v) is 4.48. The largest absolute Gasteiger partial charge is 0.373 e. The third kappa shape index (κ3) is 3.77. The predicted octanol–water partition coefficient (Wildman–Crippen LogP) is 2.24. The normalized spacial score (nSPS) is 25.0. The van der Waals surface area contributed by atoms with Gasteiger partial charge in [-0.25, -0.2) is 0 Å². The highest BCUT2D eigenvalue weighted by Gasteiger charge is 2.32. The average Bonchev–Trinajstić information content (AvgIpc) is 2.66. The molecule has 0 aliphatic carbocycles. The number of pyridine rings is 1. The van der Waals surface area contributed by atoms with Crippen LogP contribution >= 0.6 is 0 Å². The Morgan fingerprint density at radius 3 is 2.48 bits per heavy atom. The average molecular weight is 369 g/mol. The molecule has 0 spiro atoms. The van der Waals surface area contributed by atoms with Crippen LogP contribution in [0.25, 0.3) is 10.9 Å². The SMILES string of the molecule is C[C@@H]1CN(C2CCN(C(=O)c3cccc4ccc(=O)[nH]c34)CC2)C[C@H](C)O1. The van der Waals surface area contributed by atoms with Gasteiger partial charge in [0.05, 0.1) is 23.3 Å². The van der Waals surface area contributed by atoms with Gasteiger partial charge in [0.25, 0.3) is 5.91 Å². The molecule has 2 aliphatic heterocycles. The number of fused-ring (bicyclic) bond motifs is 1. The van der Waals surface area contributed by atoms with Crippen LogP contribution in [0.15, 0.2) is 35.1 Å². The zero-order chi connectivity index (χ0) is 19.0. The highest BCUT2D eigenvalue weighted by molar-refractivity contribution is 6.05. The van der Waals surface area contributed by atoms with E-state index in [2.05, 4.69) is 23.7 Å². The Hall–Kier alpha value is -2.18. The van der Waals surface area contributed by atoms with Crippen LogP contribution in [0.5, 0.6) is 0 Å². The van der Waals surface area contributed by atoms with E-state index < -0.39 is 0 Å². The van der Waals surface area contributed by atoms with E-state index in [0.29, 0.717) is 17.1 Å². The Balaban J connectivity index is 1.46. The Bertz CT molecular complexity index is 876. The first-order chi connectivity index (χ1) is 13.0. The fourth-order valence-electron chi connectivity index (χ4n) is 4.48. The van der Waals surface area contributed by atoms with E-state index in [0.717, 1.165) is 44.4 Å². The molecule has 2 fully saturated rings. The van der Waals surface area contributed by atoms with Crippen molar-refractivity contribution in [1.82, 2.24) is 14.8 Å². The summed E-state index contributed by atoms with van der Waals surface area (Å²) in [6, 6.07) is 9.35. The molecule has 0 saturated carbocycles. The van der Waals surface area contributed by atoms with Gasteiger partial charge < -0.3 is 14.6 Å². The fraction of sp³-hybridized carbons (Fsp3) is 0.524. The summed E-state index contributed by atoms with van der Waals surface area (Å²) in [5.74, 6) is 0.00427. The van der Waals surface area contributed by atoms with Crippen molar-refractivity contribution in [3.63, 3.8) is 0 Å². The van der Waals surface area contributed by atoms with E-state index in [-0.39, 0.29) is 23.7 Å². The minimum Gasteiger partial charge on any atom is -0.373 e. The molecular weight excluding hydrogens is 342 g/mol. The Morgan fingerprint density at radius 1 is 1.07 bits per heavy atom. The number of carbonyl (C=O) groups excluding carboxylic acids is 1. The van der Waals surface area contributed by atoms with E-state index in [9.17, 15) is 9.59 Å². The second-order valence-corrected chi connectivity index (χ2v) is 7.83. The number of aromatic nitrogens is 1. The molecule has 1 amide bonds. The van der Waals surface area contributed by atoms with E-state index in [1.165, 1.54) is 6.07 Å². The molecule has 0 bridgehead atoms. The molecule has 2 atom stereocenters. The lowest BCUT2D eigenvalue weighted by molar-refractivity contribution is -0.0856. The van der Waals surface area contributed by atoms with Crippen LogP contribution in [0.4, 0.5) is 0 Å². The molecule has 6 heteroatoms. The summed E-state index contributed by atoms with van der Waals surface area (Å²) >= 11 is 0.